The van der Waals surface area contributed by atoms with Gasteiger partial charge in [-0.25, -0.2) is 9.78 Å². The summed E-state index contributed by atoms with van der Waals surface area (Å²) >= 11 is 1.65. The molecule has 1 amide bonds. The van der Waals surface area contributed by atoms with Crippen molar-refractivity contribution < 1.29 is 19.4 Å². The van der Waals surface area contributed by atoms with Crippen molar-refractivity contribution in [2.24, 2.45) is 0 Å². The molecule has 0 aliphatic carbocycles. The standard InChI is InChI=1S/C18H20N2O4S/c1-12-11-25-17(19-12)14-5-3-7-20(9-14)18(23)13-4-2-6-15(8-13)24-10-16(21)22/h2,4,6,8,11,14H,3,5,7,9-10H2,1H3,(H,21,22). The van der Waals surface area contributed by atoms with Gasteiger partial charge in [0.25, 0.3) is 5.91 Å². The quantitative estimate of drug-likeness (QED) is 0.887. The van der Waals surface area contributed by atoms with Gasteiger partial charge >= 0.3 is 5.97 Å². The Morgan fingerprint density at radius 1 is 1.44 bits per heavy atom. The fourth-order valence-electron chi connectivity index (χ4n) is 2.97. The Bertz CT molecular complexity index is 774. The van der Waals surface area contributed by atoms with Crippen LogP contribution in [0.2, 0.25) is 0 Å². The molecule has 1 atom stereocenters. The third kappa shape index (κ3) is 4.36. The minimum absolute atomic E-state index is 0.0567. The van der Waals surface area contributed by atoms with Crippen LogP contribution in [-0.2, 0) is 4.79 Å². The van der Waals surface area contributed by atoms with E-state index in [9.17, 15) is 9.59 Å². The summed E-state index contributed by atoms with van der Waals surface area (Å²) in [6, 6.07) is 6.68. The van der Waals surface area contributed by atoms with Crippen LogP contribution in [0.15, 0.2) is 29.6 Å². The Morgan fingerprint density at radius 2 is 2.28 bits per heavy atom. The number of ether oxygens (including phenoxy) is 1. The van der Waals surface area contributed by atoms with Crippen LogP contribution in [0.25, 0.3) is 0 Å². The molecule has 0 bridgehead atoms. The first-order valence-corrected chi connectivity index (χ1v) is 9.07. The third-order valence-corrected chi connectivity index (χ3v) is 5.26. The van der Waals surface area contributed by atoms with E-state index in [4.69, 9.17) is 9.84 Å². The number of carbonyl (C=O) groups is 2. The molecule has 3 rings (SSSR count). The number of carbonyl (C=O) groups excluding carboxylic acids is 1. The maximum Gasteiger partial charge on any atom is 0.341 e. The number of likely N-dealkylation sites (tertiary alicyclic amines) is 1. The molecule has 132 valence electrons. The summed E-state index contributed by atoms with van der Waals surface area (Å²) in [5.74, 6) is -0.437. The van der Waals surface area contributed by atoms with Crippen molar-refractivity contribution in [1.82, 2.24) is 9.88 Å². The van der Waals surface area contributed by atoms with Gasteiger partial charge in [0.05, 0.1) is 5.01 Å². The minimum atomic E-state index is -1.05. The van der Waals surface area contributed by atoms with Crippen LogP contribution in [0.4, 0.5) is 0 Å². The van der Waals surface area contributed by atoms with Crippen LogP contribution in [0.3, 0.4) is 0 Å². The van der Waals surface area contributed by atoms with E-state index >= 15 is 0 Å². The summed E-state index contributed by atoms with van der Waals surface area (Å²) in [5, 5.41) is 11.8. The van der Waals surface area contributed by atoms with Gasteiger partial charge in [-0.05, 0) is 38.0 Å². The lowest BCUT2D eigenvalue weighted by Gasteiger charge is -2.32. The summed E-state index contributed by atoms with van der Waals surface area (Å²) in [6.07, 6.45) is 1.99. The zero-order chi connectivity index (χ0) is 17.8. The lowest BCUT2D eigenvalue weighted by Crippen LogP contribution is -2.39. The molecule has 0 radical (unpaired) electrons. The van der Waals surface area contributed by atoms with Gasteiger partial charge in [-0.15, -0.1) is 11.3 Å². The summed E-state index contributed by atoms with van der Waals surface area (Å²) < 4.78 is 5.16. The van der Waals surface area contributed by atoms with Crippen molar-refractivity contribution in [2.75, 3.05) is 19.7 Å². The maximum atomic E-state index is 12.8. The monoisotopic (exact) mass is 360 g/mol. The molecule has 6 nitrogen and oxygen atoms in total. The Kier molecular flexibility index (Phi) is 5.33. The molecule has 1 aliphatic rings. The minimum Gasteiger partial charge on any atom is -0.482 e. The van der Waals surface area contributed by atoms with Crippen molar-refractivity contribution in [3.05, 3.63) is 45.9 Å². The van der Waals surface area contributed by atoms with Crippen molar-refractivity contribution in [2.45, 2.75) is 25.7 Å². The molecule has 1 aliphatic heterocycles. The normalized spacial score (nSPS) is 17.3. The Labute approximate surface area is 150 Å². The van der Waals surface area contributed by atoms with Crippen LogP contribution in [-0.4, -0.2) is 46.6 Å². The van der Waals surface area contributed by atoms with Crippen LogP contribution in [0.5, 0.6) is 5.75 Å². The van der Waals surface area contributed by atoms with Crippen molar-refractivity contribution in [3.8, 4) is 5.75 Å². The van der Waals surface area contributed by atoms with Crippen LogP contribution >= 0.6 is 11.3 Å². The second kappa shape index (κ2) is 7.65. The van der Waals surface area contributed by atoms with E-state index in [1.807, 2.05) is 17.2 Å². The molecular weight excluding hydrogens is 340 g/mol. The number of nitrogens with zero attached hydrogens (tertiary/aromatic N) is 2. The van der Waals surface area contributed by atoms with Gasteiger partial charge in [-0.3, -0.25) is 4.79 Å². The Hall–Kier alpha value is -2.41. The summed E-state index contributed by atoms with van der Waals surface area (Å²) in [7, 11) is 0. The molecule has 1 saturated heterocycles. The molecular formula is C18H20N2O4S. The number of benzene rings is 1. The second-order valence-corrected chi connectivity index (χ2v) is 7.02. The average Bonchev–Trinajstić information content (AvgIpc) is 3.06. The van der Waals surface area contributed by atoms with Gasteiger partial charge in [0.15, 0.2) is 6.61 Å². The number of hydrogen-bond acceptors (Lipinski definition) is 5. The van der Waals surface area contributed by atoms with E-state index in [-0.39, 0.29) is 11.8 Å². The van der Waals surface area contributed by atoms with Crippen molar-refractivity contribution in [1.29, 1.82) is 0 Å². The Balaban J connectivity index is 1.69. The highest BCUT2D eigenvalue weighted by Crippen LogP contribution is 2.30. The van der Waals surface area contributed by atoms with Crippen LogP contribution < -0.4 is 4.74 Å². The number of carboxylic acid groups (broad SMARTS) is 1. The molecule has 7 heteroatoms. The zero-order valence-electron chi connectivity index (χ0n) is 14.0. The molecule has 1 aromatic heterocycles. The lowest BCUT2D eigenvalue weighted by atomic mass is 9.98. The van der Waals surface area contributed by atoms with Crippen molar-refractivity contribution in [3.63, 3.8) is 0 Å². The number of thiazole rings is 1. The number of aliphatic carboxylic acids is 1. The Morgan fingerprint density at radius 3 is 3.00 bits per heavy atom. The SMILES string of the molecule is Cc1csc(C2CCCN(C(=O)c3cccc(OCC(=O)O)c3)C2)n1. The van der Waals surface area contributed by atoms with Gasteiger partial charge < -0.3 is 14.7 Å². The molecule has 1 aromatic carbocycles. The molecule has 2 heterocycles. The molecule has 0 spiro atoms. The number of aromatic nitrogens is 1. The smallest absolute Gasteiger partial charge is 0.341 e. The largest absolute Gasteiger partial charge is 0.482 e. The molecule has 25 heavy (non-hydrogen) atoms. The number of rotatable bonds is 5. The fourth-order valence-corrected chi connectivity index (χ4v) is 3.89. The van der Waals surface area contributed by atoms with Crippen LogP contribution in [0.1, 0.15) is 39.8 Å². The topological polar surface area (TPSA) is 79.7 Å². The maximum absolute atomic E-state index is 12.8. The van der Waals surface area contributed by atoms with E-state index in [0.29, 0.717) is 17.9 Å². The number of hydrogen-bond donors (Lipinski definition) is 1. The van der Waals surface area contributed by atoms with E-state index < -0.39 is 12.6 Å². The summed E-state index contributed by atoms with van der Waals surface area (Å²) in [5.41, 5.74) is 1.53. The highest BCUT2D eigenvalue weighted by molar-refractivity contribution is 7.09. The number of amides is 1. The van der Waals surface area contributed by atoms with E-state index in [2.05, 4.69) is 4.98 Å². The number of aryl methyl sites for hydroxylation is 1. The first-order chi connectivity index (χ1) is 12.0. The summed E-state index contributed by atoms with van der Waals surface area (Å²) in [6.45, 7) is 2.94. The predicted octanol–water partition coefficient (Wildman–Crippen LogP) is 2.93. The van der Waals surface area contributed by atoms with E-state index in [0.717, 1.165) is 30.1 Å². The van der Waals surface area contributed by atoms with Gasteiger partial charge in [-0.1, -0.05) is 6.07 Å². The lowest BCUT2D eigenvalue weighted by molar-refractivity contribution is -0.139. The number of piperidine rings is 1. The third-order valence-electron chi connectivity index (χ3n) is 4.14. The number of carboxylic acids is 1. The molecule has 1 N–H and O–H groups in total. The van der Waals surface area contributed by atoms with Gasteiger partial charge in [0, 0.05) is 35.6 Å². The van der Waals surface area contributed by atoms with Crippen LogP contribution in [0, 0.1) is 6.92 Å². The highest BCUT2D eigenvalue weighted by atomic mass is 32.1. The van der Waals surface area contributed by atoms with E-state index in [1.54, 1.807) is 35.6 Å². The molecule has 2 aromatic rings. The molecule has 1 unspecified atom stereocenters. The predicted molar refractivity (Wildman–Crippen MR) is 94.3 cm³/mol. The van der Waals surface area contributed by atoms with Gasteiger partial charge in [0.2, 0.25) is 0 Å². The zero-order valence-corrected chi connectivity index (χ0v) is 14.8. The second-order valence-electron chi connectivity index (χ2n) is 6.13. The molecule has 1 fully saturated rings. The summed E-state index contributed by atoms with van der Waals surface area (Å²) in [4.78, 5) is 29.8. The van der Waals surface area contributed by atoms with Crippen molar-refractivity contribution >= 4 is 23.2 Å². The average molecular weight is 360 g/mol. The molecule has 0 saturated carbocycles. The first-order valence-electron chi connectivity index (χ1n) is 8.19. The first kappa shape index (κ1) is 17.4. The van der Waals surface area contributed by atoms with E-state index in [1.165, 1.54) is 0 Å². The fraction of sp³-hybridized carbons (Fsp3) is 0.389. The van der Waals surface area contributed by atoms with Gasteiger partial charge in [-0.2, -0.15) is 0 Å². The highest BCUT2D eigenvalue weighted by Gasteiger charge is 2.27. The van der Waals surface area contributed by atoms with Gasteiger partial charge in [0.1, 0.15) is 5.75 Å².